The van der Waals surface area contributed by atoms with E-state index in [0.29, 0.717) is 0 Å². The molecule has 0 amide bonds. The number of likely N-dealkylation sites (N-methyl/N-ethyl adjacent to an activating group) is 1. The summed E-state index contributed by atoms with van der Waals surface area (Å²) >= 11 is 0. The van der Waals surface area contributed by atoms with Gasteiger partial charge in [-0.3, -0.25) is 0 Å². The predicted octanol–water partition coefficient (Wildman–Crippen LogP) is 0.302. The maximum absolute atomic E-state index is 6.20. The SMILES string of the molecule is Cc1oc(-c2ccccc2)c(N(C)C)c1C[N+]1(C)CCOCC1.[I-]. The Morgan fingerprint density at radius 3 is 2.29 bits per heavy atom. The quantitative estimate of drug-likeness (QED) is 0.504. The summed E-state index contributed by atoms with van der Waals surface area (Å²) in [5.41, 5.74) is 3.66. The number of morpholine rings is 1. The van der Waals surface area contributed by atoms with Crippen molar-refractivity contribution in [2.24, 2.45) is 0 Å². The van der Waals surface area contributed by atoms with E-state index in [1.807, 2.05) is 6.07 Å². The minimum Gasteiger partial charge on any atom is -1.00 e. The topological polar surface area (TPSA) is 25.6 Å². The first-order valence-corrected chi connectivity index (χ1v) is 8.26. The fourth-order valence-corrected chi connectivity index (χ4v) is 3.33. The Hall–Kier alpha value is -1.05. The van der Waals surface area contributed by atoms with Crippen LogP contribution >= 0.6 is 0 Å². The van der Waals surface area contributed by atoms with Gasteiger partial charge < -0.3 is 42.5 Å². The largest absolute Gasteiger partial charge is 1.00 e. The fraction of sp³-hybridized carbons (Fsp3) is 0.474. The summed E-state index contributed by atoms with van der Waals surface area (Å²) in [4.78, 5) is 2.18. The average Bonchev–Trinajstić information content (AvgIpc) is 2.85. The van der Waals surface area contributed by atoms with Crippen LogP contribution in [0.25, 0.3) is 11.3 Å². The predicted molar refractivity (Wildman–Crippen MR) is 93.6 cm³/mol. The third-order valence-electron chi connectivity index (χ3n) is 4.75. The molecule has 0 saturated carbocycles. The zero-order chi connectivity index (χ0) is 16.4. The number of hydrogen-bond donors (Lipinski definition) is 0. The molecule has 1 aromatic heterocycles. The van der Waals surface area contributed by atoms with Crippen molar-refractivity contribution in [2.45, 2.75) is 13.5 Å². The van der Waals surface area contributed by atoms with Gasteiger partial charge in [-0.15, -0.1) is 0 Å². The number of rotatable bonds is 4. The van der Waals surface area contributed by atoms with E-state index in [0.717, 1.165) is 54.4 Å². The number of nitrogens with zero attached hydrogens (tertiary/aromatic N) is 2. The van der Waals surface area contributed by atoms with Gasteiger partial charge in [0.15, 0.2) is 5.76 Å². The van der Waals surface area contributed by atoms with Crippen LogP contribution in [0.1, 0.15) is 11.3 Å². The van der Waals surface area contributed by atoms with Crippen molar-refractivity contribution >= 4 is 5.69 Å². The monoisotopic (exact) mass is 442 g/mol. The molecule has 4 nitrogen and oxygen atoms in total. The number of aryl methyl sites for hydroxylation is 1. The molecule has 0 bridgehead atoms. The molecular weight excluding hydrogens is 415 g/mol. The third-order valence-corrected chi connectivity index (χ3v) is 4.75. The number of halogens is 1. The molecule has 24 heavy (non-hydrogen) atoms. The van der Waals surface area contributed by atoms with E-state index in [4.69, 9.17) is 9.15 Å². The van der Waals surface area contributed by atoms with Crippen LogP contribution in [0.15, 0.2) is 34.7 Å². The molecule has 3 rings (SSSR count). The van der Waals surface area contributed by atoms with E-state index in [1.165, 1.54) is 11.3 Å². The van der Waals surface area contributed by atoms with Gasteiger partial charge in [-0.2, -0.15) is 0 Å². The Morgan fingerprint density at radius 2 is 1.71 bits per heavy atom. The van der Waals surface area contributed by atoms with Gasteiger partial charge in [-0.25, -0.2) is 0 Å². The third kappa shape index (κ3) is 3.95. The Balaban J connectivity index is 0.00000208. The van der Waals surface area contributed by atoms with Crippen LogP contribution < -0.4 is 28.9 Å². The Labute approximate surface area is 162 Å². The number of furan rings is 1. The maximum atomic E-state index is 6.20. The van der Waals surface area contributed by atoms with Crippen molar-refractivity contribution in [3.63, 3.8) is 0 Å². The first-order valence-electron chi connectivity index (χ1n) is 8.26. The summed E-state index contributed by atoms with van der Waals surface area (Å²) in [5.74, 6) is 2.00. The standard InChI is InChI=1S/C19H27N2O2.HI/c1-15-17(14-21(4)10-12-22-13-11-21)18(20(2)3)19(23-15)16-8-6-5-7-9-16;/h5-9H,10-14H2,1-4H3;1H/q+1;/p-1. The molecule has 1 aromatic carbocycles. The Morgan fingerprint density at radius 1 is 1.08 bits per heavy atom. The first kappa shape index (κ1) is 19.3. The van der Waals surface area contributed by atoms with Gasteiger partial charge >= 0.3 is 0 Å². The van der Waals surface area contributed by atoms with Crippen LogP contribution in [0, 0.1) is 6.92 Å². The number of hydrogen-bond acceptors (Lipinski definition) is 3. The lowest BCUT2D eigenvalue weighted by Crippen LogP contribution is -3.00. The molecule has 0 aliphatic carbocycles. The van der Waals surface area contributed by atoms with Gasteiger partial charge in [0.05, 0.1) is 31.5 Å². The Bertz CT molecular complexity index is 662. The van der Waals surface area contributed by atoms with Gasteiger partial charge in [0.25, 0.3) is 0 Å². The molecule has 1 fully saturated rings. The zero-order valence-corrected chi connectivity index (χ0v) is 17.2. The lowest BCUT2D eigenvalue weighted by molar-refractivity contribution is -0.929. The summed E-state index contributed by atoms with van der Waals surface area (Å²) in [6.07, 6.45) is 0. The molecule has 0 N–H and O–H groups in total. The van der Waals surface area contributed by atoms with Crippen molar-refractivity contribution in [1.29, 1.82) is 0 Å². The van der Waals surface area contributed by atoms with Crippen LogP contribution in [0.4, 0.5) is 5.69 Å². The maximum Gasteiger partial charge on any atom is 0.158 e. The molecule has 2 aromatic rings. The van der Waals surface area contributed by atoms with Crippen LogP contribution in [0.2, 0.25) is 0 Å². The molecule has 132 valence electrons. The molecular formula is C19H27IN2O2. The van der Waals surface area contributed by atoms with Crippen LogP contribution in [-0.2, 0) is 11.3 Å². The smallest absolute Gasteiger partial charge is 0.158 e. The normalized spacial score (nSPS) is 16.5. The van der Waals surface area contributed by atoms with Crippen molar-refractivity contribution in [2.75, 3.05) is 52.3 Å². The zero-order valence-electron chi connectivity index (χ0n) is 15.0. The van der Waals surface area contributed by atoms with Crippen molar-refractivity contribution < 1.29 is 37.6 Å². The first-order chi connectivity index (χ1) is 11.0. The molecule has 5 heteroatoms. The molecule has 2 heterocycles. The number of quaternary nitrogens is 1. The van der Waals surface area contributed by atoms with E-state index in [9.17, 15) is 0 Å². The number of benzene rings is 1. The molecule has 0 spiro atoms. The average molecular weight is 442 g/mol. The highest BCUT2D eigenvalue weighted by Gasteiger charge is 2.31. The minimum absolute atomic E-state index is 0. The van der Waals surface area contributed by atoms with E-state index in [-0.39, 0.29) is 24.0 Å². The van der Waals surface area contributed by atoms with E-state index < -0.39 is 0 Å². The molecule has 1 aliphatic heterocycles. The van der Waals surface area contributed by atoms with Gasteiger partial charge in [-0.05, 0) is 6.92 Å². The lowest BCUT2D eigenvalue weighted by atomic mass is 10.1. The molecule has 0 unspecified atom stereocenters. The minimum atomic E-state index is 0. The molecule has 1 saturated heterocycles. The van der Waals surface area contributed by atoms with Gasteiger partial charge in [-0.1, -0.05) is 30.3 Å². The molecule has 0 radical (unpaired) electrons. The molecule has 0 atom stereocenters. The van der Waals surface area contributed by atoms with Crippen molar-refractivity contribution in [3.05, 3.63) is 41.7 Å². The summed E-state index contributed by atoms with van der Waals surface area (Å²) in [7, 11) is 6.51. The highest BCUT2D eigenvalue weighted by Crippen LogP contribution is 2.39. The van der Waals surface area contributed by atoms with Crippen LogP contribution in [-0.4, -0.2) is 51.9 Å². The van der Waals surface area contributed by atoms with Crippen molar-refractivity contribution in [3.8, 4) is 11.3 Å². The van der Waals surface area contributed by atoms with Crippen LogP contribution in [0.5, 0.6) is 0 Å². The second-order valence-electron chi connectivity index (χ2n) is 6.91. The summed E-state index contributed by atoms with van der Waals surface area (Å²) < 4.78 is 12.7. The number of anilines is 1. The van der Waals surface area contributed by atoms with Gasteiger partial charge in [0.2, 0.25) is 0 Å². The van der Waals surface area contributed by atoms with Gasteiger partial charge in [0.1, 0.15) is 25.4 Å². The van der Waals surface area contributed by atoms with E-state index in [1.54, 1.807) is 0 Å². The molecule has 1 aliphatic rings. The van der Waals surface area contributed by atoms with Gasteiger partial charge in [0, 0.05) is 19.7 Å². The fourth-order valence-electron chi connectivity index (χ4n) is 3.33. The number of ether oxygens (including phenoxy) is 1. The Kier molecular flexibility index (Phi) is 6.33. The summed E-state index contributed by atoms with van der Waals surface area (Å²) in [6.45, 7) is 6.86. The summed E-state index contributed by atoms with van der Waals surface area (Å²) in [6, 6.07) is 10.4. The summed E-state index contributed by atoms with van der Waals surface area (Å²) in [5, 5.41) is 0. The highest BCUT2D eigenvalue weighted by atomic mass is 127. The van der Waals surface area contributed by atoms with E-state index in [2.05, 4.69) is 57.2 Å². The van der Waals surface area contributed by atoms with Crippen LogP contribution in [0.3, 0.4) is 0 Å². The second-order valence-corrected chi connectivity index (χ2v) is 6.91. The van der Waals surface area contributed by atoms with E-state index >= 15 is 0 Å². The highest BCUT2D eigenvalue weighted by molar-refractivity contribution is 5.77. The lowest BCUT2D eigenvalue weighted by Gasteiger charge is -2.37. The van der Waals surface area contributed by atoms with Crippen molar-refractivity contribution in [1.82, 2.24) is 0 Å². The second kappa shape index (κ2) is 7.89.